The third-order valence-electron chi connectivity index (χ3n) is 14.8. The second-order valence-electron chi connectivity index (χ2n) is 23.8. The number of phosphoric acid groups is 1. The molecule has 0 fully saturated rings. The normalized spacial score (nSPS) is 13.5. The first-order valence-corrected chi connectivity index (χ1v) is 35.0. The number of likely N-dealkylation sites (N-methyl/N-ethyl adjacent to an activating group) is 1. The van der Waals surface area contributed by atoms with Crippen molar-refractivity contribution in [3.63, 3.8) is 0 Å². The van der Waals surface area contributed by atoms with E-state index in [1.54, 1.807) is 0 Å². The van der Waals surface area contributed by atoms with E-state index in [0.717, 1.165) is 51.4 Å². The second-order valence-corrected chi connectivity index (χ2v) is 25.3. The van der Waals surface area contributed by atoms with Crippen molar-refractivity contribution in [2.45, 2.75) is 322 Å². The lowest BCUT2D eigenvalue weighted by Crippen LogP contribution is -2.37. The summed E-state index contributed by atoms with van der Waals surface area (Å²) < 4.78 is 34.5. The van der Waals surface area contributed by atoms with Crippen LogP contribution in [0.5, 0.6) is 0 Å². The lowest BCUT2D eigenvalue weighted by Gasteiger charge is -2.24. The Balaban J connectivity index is 3.92. The van der Waals surface area contributed by atoms with Gasteiger partial charge in [-0.3, -0.25) is 18.6 Å². The van der Waals surface area contributed by atoms with Crippen LogP contribution in [-0.2, 0) is 32.7 Å². The number of unbranched alkanes of at least 4 members (excludes halogenated alkanes) is 38. The molecular formula is C69H129NO8P+. The number of esters is 2. The van der Waals surface area contributed by atoms with E-state index >= 15 is 0 Å². The smallest absolute Gasteiger partial charge is 0.462 e. The molecule has 0 aliphatic heterocycles. The molecule has 0 radical (unpaired) electrons. The average Bonchev–Trinajstić information content (AvgIpc) is 3.41. The lowest BCUT2D eigenvalue weighted by atomic mass is 10.0. The van der Waals surface area contributed by atoms with E-state index in [0.29, 0.717) is 23.9 Å². The third kappa shape index (κ3) is 64.7. The van der Waals surface area contributed by atoms with Crippen LogP contribution in [0.15, 0.2) is 60.8 Å². The fraction of sp³-hybridized carbons (Fsp3) is 0.826. The zero-order valence-corrected chi connectivity index (χ0v) is 53.5. The van der Waals surface area contributed by atoms with Gasteiger partial charge in [0.15, 0.2) is 6.10 Å². The van der Waals surface area contributed by atoms with Crippen molar-refractivity contribution in [3.8, 4) is 0 Å². The molecule has 0 heterocycles. The summed E-state index contributed by atoms with van der Waals surface area (Å²) in [7, 11) is 1.45. The fourth-order valence-electron chi connectivity index (χ4n) is 9.70. The van der Waals surface area contributed by atoms with E-state index in [2.05, 4.69) is 74.6 Å². The minimum atomic E-state index is -4.40. The zero-order chi connectivity index (χ0) is 57.7. The van der Waals surface area contributed by atoms with Crippen molar-refractivity contribution in [3.05, 3.63) is 60.8 Å². The van der Waals surface area contributed by atoms with Gasteiger partial charge < -0.3 is 18.9 Å². The number of hydrogen-bond donors (Lipinski definition) is 1. The van der Waals surface area contributed by atoms with Crippen LogP contribution in [0.1, 0.15) is 316 Å². The highest BCUT2D eigenvalue weighted by atomic mass is 31.2. The topological polar surface area (TPSA) is 108 Å². The van der Waals surface area contributed by atoms with Crippen LogP contribution in [0.3, 0.4) is 0 Å². The molecule has 0 bridgehead atoms. The van der Waals surface area contributed by atoms with Gasteiger partial charge >= 0.3 is 19.8 Å². The summed E-state index contributed by atoms with van der Waals surface area (Å²) in [5.74, 6) is -0.857. The standard InChI is InChI=1S/C69H128NO8P/c1-6-8-10-12-14-16-18-20-22-24-25-26-27-28-29-30-31-32-33-34-35-36-37-38-39-40-41-42-43-44-46-47-49-51-53-55-57-59-61-68(71)75-65-67(66-77-79(73,74)76-64-63-70(3,4)5)78-69(72)62-60-58-56-54-52-50-48-45-23-21-19-17-15-13-11-9-7-2/h9,11,15,17,21,23,48,50,54,56,67H,6-8,10,12-14,16,18-20,22,24-47,49,51-53,55,57-66H2,1-5H3/p+1/b11-9-,17-15-,23-21-,50-48-,56-54-. The summed E-state index contributed by atoms with van der Waals surface area (Å²) in [6.45, 7) is 4.29. The van der Waals surface area contributed by atoms with Crippen LogP contribution >= 0.6 is 7.82 Å². The number of phosphoric ester groups is 1. The Kier molecular flexibility index (Phi) is 58.6. The van der Waals surface area contributed by atoms with E-state index in [1.165, 1.54) is 225 Å². The van der Waals surface area contributed by atoms with Crippen LogP contribution in [0.2, 0.25) is 0 Å². The minimum absolute atomic E-state index is 0.0201. The molecule has 79 heavy (non-hydrogen) atoms. The molecule has 0 aliphatic rings. The Morgan fingerprint density at radius 2 is 0.722 bits per heavy atom. The van der Waals surface area contributed by atoms with Gasteiger partial charge in [0.05, 0.1) is 27.7 Å². The van der Waals surface area contributed by atoms with Gasteiger partial charge in [-0.15, -0.1) is 0 Å². The summed E-state index contributed by atoms with van der Waals surface area (Å²) in [6.07, 6.45) is 79.4. The summed E-state index contributed by atoms with van der Waals surface area (Å²) in [6, 6.07) is 0. The maximum atomic E-state index is 12.8. The number of nitrogens with zero attached hydrogens (tertiary/aromatic N) is 1. The quantitative estimate of drug-likeness (QED) is 0.0211. The largest absolute Gasteiger partial charge is 0.472 e. The molecule has 0 saturated carbocycles. The van der Waals surface area contributed by atoms with Crippen LogP contribution in [0.4, 0.5) is 0 Å². The van der Waals surface area contributed by atoms with Gasteiger partial charge in [0.25, 0.3) is 0 Å². The van der Waals surface area contributed by atoms with Gasteiger partial charge in [-0.25, -0.2) is 4.57 Å². The minimum Gasteiger partial charge on any atom is -0.462 e. The summed E-state index contributed by atoms with van der Waals surface area (Å²) >= 11 is 0. The number of quaternary nitrogens is 1. The Hall–Kier alpha value is -2.29. The van der Waals surface area contributed by atoms with Crippen LogP contribution in [0.25, 0.3) is 0 Å². The highest BCUT2D eigenvalue weighted by molar-refractivity contribution is 7.47. The average molecular weight is 1130 g/mol. The summed E-state index contributed by atoms with van der Waals surface area (Å²) in [5.41, 5.74) is 0. The maximum Gasteiger partial charge on any atom is 0.472 e. The van der Waals surface area contributed by atoms with Gasteiger partial charge in [0.1, 0.15) is 19.8 Å². The molecule has 0 spiro atoms. The SMILES string of the molecule is CC/C=C\C/C=C\C/C=C\C/C=C\C/C=C\CCCC(=O)OC(COC(=O)CCCCCCCCCCCCCCCCCCCCCCCCCCCCCCCCCCCCCCCC)COP(=O)(O)OCC[N+](C)(C)C. The molecule has 0 aromatic rings. The fourth-order valence-corrected chi connectivity index (χ4v) is 10.4. The molecule has 10 heteroatoms. The second kappa shape index (κ2) is 60.3. The molecule has 0 aliphatic carbocycles. The Labute approximate surface area is 489 Å². The summed E-state index contributed by atoms with van der Waals surface area (Å²) in [5, 5.41) is 0. The predicted octanol–water partition coefficient (Wildman–Crippen LogP) is 21.4. The molecule has 1 N–H and O–H groups in total. The number of carbonyl (C=O) groups excluding carboxylic acids is 2. The lowest BCUT2D eigenvalue weighted by molar-refractivity contribution is -0.870. The molecule has 0 aromatic carbocycles. The molecular weight excluding hydrogens is 1000 g/mol. The molecule has 2 atom stereocenters. The first-order valence-electron chi connectivity index (χ1n) is 33.5. The number of carbonyl (C=O) groups is 2. The summed E-state index contributed by atoms with van der Waals surface area (Å²) in [4.78, 5) is 35.7. The molecule has 0 amide bonds. The van der Waals surface area contributed by atoms with Gasteiger partial charge in [-0.05, 0) is 51.4 Å². The Morgan fingerprint density at radius 1 is 0.405 bits per heavy atom. The van der Waals surface area contributed by atoms with Gasteiger partial charge in [-0.1, -0.05) is 312 Å². The van der Waals surface area contributed by atoms with E-state index in [1.807, 2.05) is 21.1 Å². The molecule has 0 saturated heterocycles. The van der Waals surface area contributed by atoms with Crippen LogP contribution < -0.4 is 0 Å². The first-order chi connectivity index (χ1) is 38.5. The maximum absolute atomic E-state index is 12.8. The van der Waals surface area contributed by atoms with Gasteiger partial charge in [0.2, 0.25) is 0 Å². The van der Waals surface area contributed by atoms with Crippen molar-refractivity contribution in [2.24, 2.45) is 0 Å². The Morgan fingerprint density at radius 3 is 1.06 bits per heavy atom. The molecule has 0 aromatic heterocycles. The zero-order valence-electron chi connectivity index (χ0n) is 52.6. The van der Waals surface area contributed by atoms with Crippen molar-refractivity contribution in [1.82, 2.24) is 0 Å². The van der Waals surface area contributed by atoms with Gasteiger partial charge in [0, 0.05) is 12.8 Å². The number of rotatable bonds is 62. The highest BCUT2D eigenvalue weighted by Crippen LogP contribution is 2.43. The van der Waals surface area contributed by atoms with Crippen LogP contribution in [0, 0.1) is 0 Å². The van der Waals surface area contributed by atoms with Crippen molar-refractivity contribution >= 4 is 19.8 Å². The Bertz CT molecular complexity index is 1520. The van der Waals surface area contributed by atoms with E-state index in [9.17, 15) is 19.0 Å². The molecule has 9 nitrogen and oxygen atoms in total. The van der Waals surface area contributed by atoms with Crippen molar-refractivity contribution in [1.29, 1.82) is 0 Å². The highest BCUT2D eigenvalue weighted by Gasteiger charge is 2.27. The monoisotopic (exact) mass is 1130 g/mol. The van der Waals surface area contributed by atoms with Crippen molar-refractivity contribution in [2.75, 3.05) is 47.5 Å². The molecule has 0 rings (SSSR count). The first kappa shape index (κ1) is 76.7. The molecule has 2 unspecified atom stereocenters. The number of ether oxygens (including phenoxy) is 2. The van der Waals surface area contributed by atoms with E-state index < -0.39 is 26.5 Å². The van der Waals surface area contributed by atoms with E-state index in [4.69, 9.17) is 18.5 Å². The third-order valence-corrected chi connectivity index (χ3v) is 15.8. The molecule has 462 valence electrons. The van der Waals surface area contributed by atoms with Crippen molar-refractivity contribution < 1.29 is 42.1 Å². The predicted molar refractivity (Wildman–Crippen MR) is 340 cm³/mol. The van der Waals surface area contributed by atoms with Gasteiger partial charge in [-0.2, -0.15) is 0 Å². The van der Waals surface area contributed by atoms with Crippen LogP contribution in [-0.4, -0.2) is 74.9 Å². The number of hydrogen-bond acceptors (Lipinski definition) is 7. The number of allylic oxidation sites excluding steroid dienone is 10. The van der Waals surface area contributed by atoms with E-state index in [-0.39, 0.29) is 32.0 Å².